The molecule has 0 aromatic carbocycles. The van der Waals surface area contributed by atoms with Crippen molar-refractivity contribution in [2.45, 2.75) is 6.04 Å². The zero-order chi connectivity index (χ0) is 4.99. The summed E-state index contributed by atoms with van der Waals surface area (Å²) in [6.45, 7) is 0. The van der Waals surface area contributed by atoms with Crippen molar-refractivity contribution in [3.8, 4) is 0 Å². The van der Waals surface area contributed by atoms with Gasteiger partial charge in [-0.15, -0.1) is 0 Å². The summed E-state index contributed by atoms with van der Waals surface area (Å²) in [5.41, 5.74) is 4.86. The molecule has 0 aliphatic rings. The maximum absolute atomic E-state index is 9.46. The lowest BCUT2D eigenvalue weighted by molar-refractivity contribution is -0.107. The van der Waals surface area contributed by atoms with Crippen LogP contribution in [0.25, 0.3) is 0 Å². The molecule has 3 N–H and O–H groups in total. The molecule has 6 heavy (non-hydrogen) atoms. The van der Waals surface area contributed by atoms with E-state index in [0.717, 1.165) is 6.21 Å². The zero-order valence-electron chi connectivity index (χ0n) is 3.22. The molecule has 0 aliphatic carbocycles. The maximum atomic E-state index is 9.46. The minimum atomic E-state index is -0.704. The highest BCUT2D eigenvalue weighted by atomic mass is 16.1. The Kier molecular flexibility index (Phi) is 2.24. The van der Waals surface area contributed by atoms with Gasteiger partial charge in [0.25, 0.3) is 0 Å². The van der Waals surface area contributed by atoms with E-state index in [1.165, 1.54) is 0 Å². The second-order valence-corrected chi connectivity index (χ2v) is 0.880. The highest BCUT2D eigenvalue weighted by molar-refractivity contribution is 5.82. The second kappa shape index (κ2) is 2.53. The van der Waals surface area contributed by atoms with Gasteiger partial charge in [0.1, 0.15) is 6.29 Å². The van der Waals surface area contributed by atoms with Gasteiger partial charge in [-0.1, -0.05) is 0 Å². The fraction of sp³-hybridized carbons (Fsp3) is 0.333. The molecule has 1 atom stereocenters. The van der Waals surface area contributed by atoms with Crippen LogP contribution in [0.3, 0.4) is 0 Å². The lowest BCUT2D eigenvalue weighted by Crippen LogP contribution is -2.21. The number of carbonyl (C=O) groups is 1. The Labute approximate surface area is 35.7 Å². The normalized spacial score (nSPS) is 12.8. The minimum Gasteiger partial charge on any atom is -0.317 e. The Bertz CT molecular complexity index is 53.8. The molecule has 3 nitrogen and oxygen atoms in total. The van der Waals surface area contributed by atoms with Crippen molar-refractivity contribution in [2.24, 2.45) is 5.73 Å². The molecular formula is C3H6N2O. The molecule has 0 spiro atoms. The third-order valence-corrected chi connectivity index (χ3v) is 0.350. The SMILES string of the molecule is N=CC(N)C=O. The molecule has 0 aromatic rings. The van der Waals surface area contributed by atoms with Gasteiger partial charge in [0.2, 0.25) is 0 Å². The lowest BCUT2D eigenvalue weighted by Gasteiger charge is -1.83. The first-order chi connectivity index (χ1) is 2.81. The van der Waals surface area contributed by atoms with Crippen molar-refractivity contribution in [2.75, 3.05) is 0 Å². The third-order valence-electron chi connectivity index (χ3n) is 0.350. The van der Waals surface area contributed by atoms with E-state index in [4.69, 9.17) is 11.1 Å². The molecule has 0 bridgehead atoms. The number of nitrogens with one attached hydrogen (secondary N) is 1. The molecule has 0 saturated heterocycles. The molecular weight excluding hydrogens is 80.0 g/mol. The third kappa shape index (κ3) is 1.60. The quantitative estimate of drug-likeness (QED) is 0.340. The molecule has 0 aliphatic heterocycles. The minimum absolute atomic E-state index is 0.507. The van der Waals surface area contributed by atoms with Crippen LogP contribution in [-0.2, 0) is 4.79 Å². The average molecular weight is 86.1 g/mol. The monoisotopic (exact) mass is 86.0 g/mol. The summed E-state index contributed by atoms with van der Waals surface area (Å²) in [4.78, 5) is 9.46. The summed E-state index contributed by atoms with van der Waals surface area (Å²) in [7, 11) is 0. The molecule has 0 rings (SSSR count). The van der Waals surface area contributed by atoms with Crippen molar-refractivity contribution in [3.63, 3.8) is 0 Å². The Morgan fingerprint density at radius 2 is 2.33 bits per heavy atom. The fourth-order valence-corrected chi connectivity index (χ4v) is 0.0393. The molecule has 1 unspecified atom stereocenters. The molecule has 0 radical (unpaired) electrons. The summed E-state index contributed by atoms with van der Waals surface area (Å²) in [6, 6.07) is -0.704. The highest BCUT2D eigenvalue weighted by Crippen LogP contribution is 1.53. The van der Waals surface area contributed by atoms with Gasteiger partial charge in [-0.05, 0) is 0 Å². The highest BCUT2D eigenvalue weighted by Gasteiger charge is 1.86. The smallest absolute Gasteiger partial charge is 0.142 e. The van der Waals surface area contributed by atoms with E-state index >= 15 is 0 Å². The number of rotatable bonds is 2. The van der Waals surface area contributed by atoms with Gasteiger partial charge in [-0.3, -0.25) is 0 Å². The van der Waals surface area contributed by atoms with E-state index in [-0.39, 0.29) is 0 Å². The first-order valence-corrected chi connectivity index (χ1v) is 1.52. The molecule has 0 aromatic heterocycles. The Morgan fingerprint density at radius 1 is 1.83 bits per heavy atom. The summed E-state index contributed by atoms with van der Waals surface area (Å²) in [5.74, 6) is 0. The van der Waals surface area contributed by atoms with Crippen LogP contribution in [0.5, 0.6) is 0 Å². The molecule has 3 heteroatoms. The molecule has 0 fully saturated rings. The number of carbonyl (C=O) groups excluding carboxylic acids is 1. The van der Waals surface area contributed by atoms with Crippen molar-refractivity contribution in [1.29, 1.82) is 5.41 Å². The van der Waals surface area contributed by atoms with Gasteiger partial charge in [0.15, 0.2) is 0 Å². The fourth-order valence-electron chi connectivity index (χ4n) is 0.0393. The topological polar surface area (TPSA) is 66.9 Å². The van der Waals surface area contributed by atoms with E-state index in [1.807, 2.05) is 0 Å². The van der Waals surface area contributed by atoms with E-state index < -0.39 is 6.04 Å². The largest absolute Gasteiger partial charge is 0.317 e. The summed E-state index contributed by atoms with van der Waals surface area (Å²) in [5, 5.41) is 6.33. The molecule has 0 amide bonds. The van der Waals surface area contributed by atoms with Gasteiger partial charge in [-0.25, -0.2) is 0 Å². The van der Waals surface area contributed by atoms with E-state index in [2.05, 4.69) is 0 Å². The molecule has 0 saturated carbocycles. The number of nitrogens with two attached hydrogens (primary N) is 1. The Hall–Kier alpha value is -0.700. The summed E-state index contributed by atoms with van der Waals surface area (Å²) >= 11 is 0. The van der Waals surface area contributed by atoms with Crippen molar-refractivity contribution in [1.82, 2.24) is 0 Å². The van der Waals surface area contributed by atoms with Crippen LogP contribution in [0, 0.1) is 5.41 Å². The van der Waals surface area contributed by atoms with Gasteiger partial charge in [0, 0.05) is 6.21 Å². The van der Waals surface area contributed by atoms with Crippen LogP contribution < -0.4 is 5.73 Å². The Balaban J connectivity index is 3.21. The predicted molar refractivity (Wildman–Crippen MR) is 22.8 cm³/mol. The first kappa shape index (κ1) is 5.30. The van der Waals surface area contributed by atoms with Gasteiger partial charge in [-0.2, -0.15) is 0 Å². The number of hydrogen-bond acceptors (Lipinski definition) is 3. The summed E-state index contributed by atoms with van der Waals surface area (Å²) < 4.78 is 0. The number of hydrogen-bond donors (Lipinski definition) is 2. The zero-order valence-corrected chi connectivity index (χ0v) is 3.22. The Morgan fingerprint density at radius 3 is 2.33 bits per heavy atom. The maximum Gasteiger partial charge on any atom is 0.142 e. The second-order valence-electron chi connectivity index (χ2n) is 0.880. The van der Waals surface area contributed by atoms with E-state index in [9.17, 15) is 4.79 Å². The lowest BCUT2D eigenvalue weighted by atomic mass is 10.4. The van der Waals surface area contributed by atoms with Crippen LogP contribution in [0.1, 0.15) is 0 Å². The molecule has 0 heterocycles. The van der Waals surface area contributed by atoms with Crippen LogP contribution in [0.4, 0.5) is 0 Å². The van der Waals surface area contributed by atoms with E-state index in [0.29, 0.717) is 6.29 Å². The molecule has 34 valence electrons. The van der Waals surface area contributed by atoms with Crippen molar-refractivity contribution >= 4 is 12.5 Å². The predicted octanol–water partition coefficient (Wildman–Crippen LogP) is -0.838. The standard InChI is InChI=1S/C3H6N2O/c4-1-3(5)2-6/h1-4H,5H2. The average Bonchev–Trinajstić information content (AvgIpc) is 1.65. The van der Waals surface area contributed by atoms with Gasteiger partial charge in [0.05, 0.1) is 6.04 Å². The summed E-state index contributed by atoms with van der Waals surface area (Å²) in [6.07, 6.45) is 1.39. The van der Waals surface area contributed by atoms with Crippen LogP contribution >= 0.6 is 0 Å². The number of aldehydes is 1. The van der Waals surface area contributed by atoms with Crippen molar-refractivity contribution in [3.05, 3.63) is 0 Å². The van der Waals surface area contributed by atoms with Crippen LogP contribution in [0.2, 0.25) is 0 Å². The van der Waals surface area contributed by atoms with Gasteiger partial charge >= 0.3 is 0 Å². The van der Waals surface area contributed by atoms with Gasteiger partial charge < -0.3 is 15.9 Å². The van der Waals surface area contributed by atoms with Crippen LogP contribution in [-0.4, -0.2) is 18.5 Å². The first-order valence-electron chi connectivity index (χ1n) is 1.52. The van der Waals surface area contributed by atoms with Crippen molar-refractivity contribution < 1.29 is 4.79 Å². The van der Waals surface area contributed by atoms with E-state index in [1.54, 1.807) is 0 Å². The van der Waals surface area contributed by atoms with Crippen LogP contribution in [0.15, 0.2) is 0 Å².